The van der Waals surface area contributed by atoms with Gasteiger partial charge in [0.25, 0.3) is 0 Å². The topological polar surface area (TPSA) is 39.2 Å². The molecule has 0 unspecified atom stereocenters. The lowest BCUT2D eigenvalue weighted by Gasteiger charge is -2.04. The minimum Gasteiger partial charge on any atom is -0.464 e. The number of benzene rings is 1. The molecule has 0 bridgehead atoms. The molecule has 70 valence electrons. The standard InChI is InChI=1S/C11H9NOS/c12-11(14)9-5-2-1-4-8(9)10-6-3-7-13-10/h1-7H,(H2,12,14). The van der Waals surface area contributed by atoms with Crippen molar-refractivity contribution in [2.75, 3.05) is 0 Å². The summed E-state index contributed by atoms with van der Waals surface area (Å²) in [7, 11) is 0. The average molecular weight is 203 g/mol. The lowest BCUT2D eigenvalue weighted by molar-refractivity contribution is 0.582. The van der Waals surface area contributed by atoms with Crippen molar-refractivity contribution in [3.63, 3.8) is 0 Å². The molecule has 0 atom stereocenters. The Morgan fingerprint density at radius 2 is 1.93 bits per heavy atom. The molecule has 0 aliphatic rings. The van der Waals surface area contributed by atoms with Crippen molar-refractivity contribution in [3.8, 4) is 11.3 Å². The van der Waals surface area contributed by atoms with Crippen LogP contribution >= 0.6 is 12.2 Å². The number of rotatable bonds is 2. The molecule has 14 heavy (non-hydrogen) atoms. The largest absolute Gasteiger partial charge is 0.464 e. The monoisotopic (exact) mass is 203 g/mol. The van der Waals surface area contributed by atoms with E-state index >= 15 is 0 Å². The highest BCUT2D eigenvalue weighted by molar-refractivity contribution is 7.80. The van der Waals surface area contributed by atoms with Crippen molar-refractivity contribution in [2.24, 2.45) is 5.73 Å². The van der Waals surface area contributed by atoms with Crippen LogP contribution in [0.1, 0.15) is 5.56 Å². The van der Waals surface area contributed by atoms with Gasteiger partial charge >= 0.3 is 0 Å². The molecule has 0 amide bonds. The Balaban J connectivity index is 2.58. The van der Waals surface area contributed by atoms with E-state index in [9.17, 15) is 0 Å². The summed E-state index contributed by atoms with van der Waals surface area (Å²) in [5.74, 6) is 0.786. The summed E-state index contributed by atoms with van der Waals surface area (Å²) in [6.07, 6.45) is 1.63. The van der Waals surface area contributed by atoms with Crippen molar-refractivity contribution >= 4 is 17.2 Å². The van der Waals surface area contributed by atoms with Crippen molar-refractivity contribution in [3.05, 3.63) is 48.2 Å². The zero-order chi connectivity index (χ0) is 9.97. The first-order valence-corrected chi connectivity index (χ1v) is 4.62. The maximum absolute atomic E-state index is 5.61. The predicted molar refractivity (Wildman–Crippen MR) is 60.0 cm³/mol. The van der Waals surface area contributed by atoms with Crippen molar-refractivity contribution in [1.29, 1.82) is 0 Å². The second-order valence-corrected chi connectivity index (χ2v) is 3.33. The highest BCUT2D eigenvalue weighted by Crippen LogP contribution is 2.23. The van der Waals surface area contributed by atoms with Crippen LogP contribution in [-0.4, -0.2) is 4.99 Å². The molecule has 2 aromatic rings. The lowest BCUT2D eigenvalue weighted by Crippen LogP contribution is -2.10. The molecule has 0 aliphatic carbocycles. The zero-order valence-electron chi connectivity index (χ0n) is 7.44. The van der Waals surface area contributed by atoms with E-state index in [4.69, 9.17) is 22.4 Å². The molecule has 0 aliphatic heterocycles. The van der Waals surface area contributed by atoms with Gasteiger partial charge in [-0.2, -0.15) is 0 Å². The van der Waals surface area contributed by atoms with Crippen LogP contribution in [0.3, 0.4) is 0 Å². The molecule has 3 heteroatoms. The Labute approximate surface area is 87.3 Å². The summed E-state index contributed by atoms with van der Waals surface area (Å²) in [5, 5.41) is 0. The van der Waals surface area contributed by atoms with Gasteiger partial charge in [0.15, 0.2) is 0 Å². The van der Waals surface area contributed by atoms with Crippen LogP contribution < -0.4 is 5.73 Å². The third-order valence-corrected chi connectivity index (χ3v) is 2.20. The molecular weight excluding hydrogens is 194 g/mol. The summed E-state index contributed by atoms with van der Waals surface area (Å²) in [6.45, 7) is 0. The minimum atomic E-state index is 0.386. The van der Waals surface area contributed by atoms with Gasteiger partial charge in [-0.15, -0.1) is 0 Å². The molecule has 0 spiro atoms. The van der Waals surface area contributed by atoms with Gasteiger partial charge < -0.3 is 10.2 Å². The van der Waals surface area contributed by atoms with Gasteiger partial charge in [0.2, 0.25) is 0 Å². The maximum atomic E-state index is 5.61. The zero-order valence-corrected chi connectivity index (χ0v) is 8.25. The normalized spacial score (nSPS) is 10.0. The SMILES string of the molecule is NC(=S)c1ccccc1-c1ccco1. The number of hydrogen-bond acceptors (Lipinski definition) is 2. The number of furan rings is 1. The van der Waals surface area contributed by atoms with Gasteiger partial charge in [0.05, 0.1) is 6.26 Å². The van der Waals surface area contributed by atoms with Gasteiger partial charge in [-0.1, -0.05) is 36.5 Å². The molecule has 1 aromatic carbocycles. The molecule has 2 nitrogen and oxygen atoms in total. The fourth-order valence-corrected chi connectivity index (χ4v) is 1.52. The first kappa shape index (κ1) is 8.97. The van der Waals surface area contributed by atoms with Crippen molar-refractivity contribution < 1.29 is 4.42 Å². The van der Waals surface area contributed by atoms with E-state index in [1.165, 1.54) is 0 Å². The average Bonchev–Trinajstić information content (AvgIpc) is 2.70. The molecular formula is C11H9NOS. The van der Waals surface area contributed by atoms with Crippen molar-refractivity contribution in [2.45, 2.75) is 0 Å². The van der Waals surface area contributed by atoms with Crippen LogP contribution in [0.15, 0.2) is 47.1 Å². The molecule has 1 aromatic heterocycles. The number of nitrogens with two attached hydrogens (primary N) is 1. The van der Waals surface area contributed by atoms with Crippen molar-refractivity contribution in [1.82, 2.24) is 0 Å². The van der Waals surface area contributed by atoms with E-state index in [0.717, 1.165) is 16.9 Å². The third kappa shape index (κ3) is 1.54. The van der Waals surface area contributed by atoms with Gasteiger partial charge in [-0.05, 0) is 12.1 Å². The molecule has 0 fully saturated rings. The second kappa shape index (κ2) is 3.64. The Hall–Kier alpha value is -1.61. The van der Waals surface area contributed by atoms with Crippen LogP contribution in [0.4, 0.5) is 0 Å². The van der Waals surface area contributed by atoms with Crippen LogP contribution in [-0.2, 0) is 0 Å². The van der Waals surface area contributed by atoms with Crippen LogP contribution in [0.2, 0.25) is 0 Å². The summed E-state index contributed by atoms with van der Waals surface area (Å²) < 4.78 is 5.30. The summed E-state index contributed by atoms with van der Waals surface area (Å²) >= 11 is 4.96. The van der Waals surface area contributed by atoms with Gasteiger partial charge in [0, 0.05) is 11.1 Å². The quantitative estimate of drug-likeness (QED) is 0.762. The van der Waals surface area contributed by atoms with Crippen LogP contribution in [0, 0.1) is 0 Å². The summed E-state index contributed by atoms with van der Waals surface area (Å²) in [5.41, 5.74) is 7.39. The highest BCUT2D eigenvalue weighted by Gasteiger charge is 2.07. The third-order valence-electron chi connectivity index (χ3n) is 1.98. The Bertz CT molecular complexity index is 448. The van der Waals surface area contributed by atoms with E-state index in [1.54, 1.807) is 6.26 Å². The first-order chi connectivity index (χ1) is 6.79. The van der Waals surface area contributed by atoms with Crippen LogP contribution in [0.5, 0.6) is 0 Å². The first-order valence-electron chi connectivity index (χ1n) is 4.22. The van der Waals surface area contributed by atoms with Gasteiger partial charge in [0.1, 0.15) is 10.7 Å². The van der Waals surface area contributed by atoms with Gasteiger partial charge in [-0.25, -0.2) is 0 Å². The van der Waals surface area contributed by atoms with E-state index in [0.29, 0.717) is 4.99 Å². The van der Waals surface area contributed by atoms with E-state index in [-0.39, 0.29) is 0 Å². The Kier molecular flexibility index (Phi) is 2.33. The number of thiocarbonyl (C=S) groups is 1. The maximum Gasteiger partial charge on any atom is 0.134 e. The lowest BCUT2D eigenvalue weighted by atomic mass is 10.1. The van der Waals surface area contributed by atoms with Gasteiger partial charge in [-0.3, -0.25) is 0 Å². The Morgan fingerprint density at radius 3 is 2.57 bits per heavy atom. The molecule has 2 rings (SSSR count). The van der Waals surface area contributed by atoms with Crippen LogP contribution in [0.25, 0.3) is 11.3 Å². The molecule has 0 saturated carbocycles. The predicted octanol–water partition coefficient (Wildman–Crippen LogP) is 2.58. The van der Waals surface area contributed by atoms with E-state index in [1.807, 2.05) is 36.4 Å². The van der Waals surface area contributed by atoms with E-state index < -0.39 is 0 Å². The fraction of sp³-hybridized carbons (Fsp3) is 0. The Morgan fingerprint density at radius 1 is 1.14 bits per heavy atom. The fourth-order valence-electron chi connectivity index (χ4n) is 1.34. The second-order valence-electron chi connectivity index (χ2n) is 2.89. The van der Waals surface area contributed by atoms with E-state index in [2.05, 4.69) is 0 Å². The molecule has 1 heterocycles. The number of hydrogen-bond donors (Lipinski definition) is 1. The highest BCUT2D eigenvalue weighted by atomic mass is 32.1. The smallest absolute Gasteiger partial charge is 0.134 e. The molecule has 0 radical (unpaired) electrons. The minimum absolute atomic E-state index is 0.386. The summed E-state index contributed by atoms with van der Waals surface area (Å²) in [6, 6.07) is 11.4. The molecule has 0 saturated heterocycles. The summed E-state index contributed by atoms with van der Waals surface area (Å²) in [4.78, 5) is 0.386. The molecule has 2 N–H and O–H groups in total.